The highest BCUT2D eigenvalue weighted by atomic mass is 31.2. The summed E-state index contributed by atoms with van der Waals surface area (Å²) in [6.07, 6.45) is 0. The maximum atomic E-state index is 12.3. The van der Waals surface area contributed by atoms with Crippen LogP contribution in [-0.2, 0) is 9.09 Å². The molecular weight excluding hydrogens is 269 g/mol. The zero-order valence-electron chi connectivity index (χ0n) is 11.8. The molecule has 0 saturated carbocycles. The molecule has 0 amide bonds. The van der Waals surface area contributed by atoms with Crippen molar-refractivity contribution < 1.29 is 9.09 Å². The van der Waals surface area contributed by atoms with Crippen LogP contribution in [0.2, 0.25) is 0 Å². The SMILES string of the molecule is CCOP(C)(=O)c1ccc(C(N)c2ccccc2)cc1. The minimum Gasteiger partial charge on any atom is -0.326 e. The van der Waals surface area contributed by atoms with E-state index in [0.717, 1.165) is 16.4 Å². The van der Waals surface area contributed by atoms with Crippen molar-refractivity contribution in [3.05, 3.63) is 65.7 Å². The van der Waals surface area contributed by atoms with Gasteiger partial charge in [-0.2, -0.15) is 0 Å². The molecule has 0 aliphatic heterocycles. The quantitative estimate of drug-likeness (QED) is 0.859. The molecule has 0 aliphatic rings. The monoisotopic (exact) mass is 289 g/mol. The first-order valence-electron chi connectivity index (χ1n) is 6.67. The molecule has 2 atom stereocenters. The number of benzene rings is 2. The molecular formula is C16H20NO2P. The van der Waals surface area contributed by atoms with Crippen LogP contribution in [0.15, 0.2) is 54.6 Å². The molecule has 0 heterocycles. The molecule has 2 aromatic rings. The summed E-state index contributed by atoms with van der Waals surface area (Å²) >= 11 is 0. The second-order valence-electron chi connectivity index (χ2n) is 4.74. The van der Waals surface area contributed by atoms with E-state index in [-0.39, 0.29) is 6.04 Å². The van der Waals surface area contributed by atoms with Gasteiger partial charge in [0.1, 0.15) is 0 Å². The smallest absolute Gasteiger partial charge is 0.229 e. The normalized spacial score (nSPS) is 15.6. The molecule has 3 nitrogen and oxygen atoms in total. The van der Waals surface area contributed by atoms with Crippen LogP contribution in [0.4, 0.5) is 0 Å². The lowest BCUT2D eigenvalue weighted by Gasteiger charge is -2.16. The van der Waals surface area contributed by atoms with Crippen LogP contribution < -0.4 is 11.0 Å². The van der Waals surface area contributed by atoms with Gasteiger partial charge >= 0.3 is 0 Å². The van der Waals surface area contributed by atoms with E-state index in [0.29, 0.717) is 6.61 Å². The third-order valence-corrected chi connectivity index (χ3v) is 5.24. The van der Waals surface area contributed by atoms with Crippen molar-refractivity contribution in [2.24, 2.45) is 5.73 Å². The molecule has 0 saturated heterocycles. The second kappa shape index (κ2) is 6.36. The van der Waals surface area contributed by atoms with Crippen molar-refractivity contribution in [3.63, 3.8) is 0 Å². The molecule has 0 aromatic heterocycles. The van der Waals surface area contributed by atoms with Gasteiger partial charge in [-0.25, -0.2) is 0 Å². The summed E-state index contributed by atoms with van der Waals surface area (Å²) in [5.41, 5.74) is 8.29. The maximum absolute atomic E-state index is 12.3. The fourth-order valence-corrected chi connectivity index (χ4v) is 3.46. The summed E-state index contributed by atoms with van der Waals surface area (Å²) in [4.78, 5) is 0. The average molecular weight is 289 g/mol. The summed E-state index contributed by atoms with van der Waals surface area (Å²) in [7, 11) is -2.71. The lowest BCUT2D eigenvalue weighted by Crippen LogP contribution is -2.13. The van der Waals surface area contributed by atoms with Gasteiger partial charge < -0.3 is 10.3 Å². The Hall–Kier alpha value is -1.41. The Bertz CT molecular complexity index is 596. The molecule has 0 fully saturated rings. The van der Waals surface area contributed by atoms with Gasteiger partial charge in [-0.15, -0.1) is 0 Å². The average Bonchev–Trinajstić information content (AvgIpc) is 2.47. The van der Waals surface area contributed by atoms with Crippen molar-refractivity contribution in [1.82, 2.24) is 0 Å². The summed E-state index contributed by atoms with van der Waals surface area (Å²) in [6.45, 7) is 3.93. The van der Waals surface area contributed by atoms with Crippen LogP contribution in [-0.4, -0.2) is 13.3 Å². The molecule has 2 aromatic carbocycles. The van der Waals surface area contributed by atoms with E-state index in [1.54, 1.807) is 6.66 Å². The van der Waals surface area contributed by atoms with Crippen LogP contribution in [0.3, 0.4) is 0 Å². The Morgan fingerprint density at radius 2 is 1.60 bits per heavy atom. The van der Waals surface area contributed by atoms with Crippen LogP contribution in [0.5, 0.6) is 0 Å². The molecule has 2 rings (SSSR count). The summed E-state index contributed by atoms with van der Waals surface area (Å²) < 4.78 is 17.6. The Balaban J connectivity index is 2.23. The highest BCUT2D eigenvalue weighted by Crippen LogP contribution is 2.41. The molecule has 0 bridgehead atoms. The van der Waals surface area contributed by atoms with E-state index in [1.165, 1.54) is 0 Å². The van der Waals surface area contributed by atoms with Gasteiger partial charge in [0.15, 0.2) is 0 Å². The first kappa shape index (κ1) is 15.0. The van der Waals surface area contributed by atoms with E-state index >= 15 is 0 Å². The van der Waals surface area contributed by atoms with Crippen molar-refractivity contribution in [1.29, 1.82) is 0 Å². The molecule has 2 N–H and O–H groups in total. The van der Waals surface area contributed by atoms with Crippen LogP contribution in [0, 0.1) is 0 Å². The van der Waals surface area contributed by atoms with E-state index in [4.69, 9.17) is 10.3 Å². The van der Waals surface area contributed by atoms with Gasteiger partial charge in [0.05, 0.1) is 12.6 Å². The van der Waals surface area contributed by atoms with E-state index in [2.05, 4.69) is 0 Å². The Labute approximate surface area is 120 Å². The third kappa shape index (κ3) is 3.37. The van der Waals surface area contributed by atoms with Crippen molar-refractivity contribution in [2.75, 3.05) is 13.3 Å². The summed E-state index contributed by atoms with van der Waals surface area (Å²) in [5.74, 6) is 0. The van der Waals surface area contributed by atoms with Gasteiger partial charge in [-0.05, 0) is 30.2 Å². The number of rotatable bonds is 5. The zero-order chi connectivity index (χ0) is 14.6. The standard InChI is InChI=1S/C16H20NO2P/c1-3-19-20(2,18)15-11-9-14(10-12-15)16(17)13-7-5-4-6-8-13/h4-12,16H,3,17H2,1-2H3. The number of hydrogen-bond donors (Lipinski definition) is 1. The lowest BCUT2D eigenvalue weighted by molar-refractivity contribution is 0.345. The fraction of sp³-hybridized carbons (Fsp3) is 0.250. The predicted octanol–water partition coefficient (Wildman–Crippen LogP) is 3.30. The highest BCUT2D eigenvalue weighted by Gasteiger charge is 2.18. The molecule has 0 aliphatic carbocycles. The molecule has 20 heavy (non-hydrogen) atoms. The lowest BCUT2D eigenvalue weighted by atomic mass is 10.00. The Kier molecular flexibility index (Phi) is 4.77. The van der Waals surface area contributed by atoms with Crippen LogP contribution in [0.25, 0.3) is 0 Å². The first-order valence-corrected chi connectivity index (χ1v) is 8.75. The van der Waals surface area contributed by atoms with Crippen LogP contribution >= 0.6 is 7.37 Å². The third-order valence-electron chi connectivity index (χ3n) is 3.26. The number of nitrogens with two attached hydrogens (primary N) is 1. The number of hydrogen-bond acceptors (Lipinski definition) is 3. The van der Waals surface area contributed by atoms with Gasteiger partial charge in [0.25, 0.3) is 0 Å². The predicted molar refractivity (Wildman–Crippen MR) is 83.7 cm³/mol. The van der Waals surface area contributed by atoms with Gasteiger partial charge in [-0.1, -0.05) is 42.5 Å². The summed E-state index contributed by atoms with van der Waals surface area (Å²) in [6, 6.07) is 17.3. The molecule has 4 heteroatoms. The zero-order valence-corrected chi connectivity index (χ0v) is 12.7. The summed E-state index contributed by atoms with van der Waals surface area (Å²) in [5, 5.41) is 0.725. The molecule has 106 valence electrons. The molecule has 0 radical (unpaired) electrons. The van der Waals surface area contributed by atoms with Crippen molar-refractivity contribution >= 4 is 12.7 Å². The van der Waals surface area contributed by atoms with Gasteiger partial charge in [-0.3, -0.25) is 4.57 Å². The van der Waals surface area contributed by atoms with E-state index in [1.807, 2.05) is 61.5 Å². The largest absolute Gasteiger partial charge is 0.326 e. The van der Waals surface area contributed by atoms with Crippen molar-refractivity contribution in [2.45, 2.75) is 13.0 Å². The minimum absolute atomic E-state index is 0.173. The van der Waals surface area contributed by atoms with Crippen molar-refractivity contribution in [3.8, 4) is 0 Å². The van der Waals surface area contributed by atoms with Gasteiger partial charge in [0, 0.05) is 12.0 Å². The Morgan fingerprint density at radius 3 is 2.15 bits per heavy atom. The minimum atomic E-state index is -2.71. The van der Waals surface area contributed by atoms with Gasteiger partial charge in [0.2, 0.25) is 7.37 Å². The molecule has 0 spiro atoms. The first-order chi connectivity index (χ1) is 9.54. The second-order valence-corrected chi connectivity index (χ2v) is 7.21. The fourth-order valence-electron chi connectivity index (χ4n) is 2.13. The molecule has 2 unspecified atom stereocenters. The van der Waals surface area contributed by atoms with E-state index < -0.39 is 7.37 Å². The Morgan fingerprint density at radius 1 is 1.05 bits per heavy atom. The maximum Gasteiger partial charge on any atom is 0.229 e. The highest BCUT2D eigenvalue weighted by molar-refractivity contribution is 7.66. The van der Waals surface area contributed by atoms with Crippen LogP contribution in [0.1, 0.15) is 24.1 Å². The van der Waals surface area contributed by atoms with E-state index in [9.17, 15) is 4.57 Å². The topological polar surface area (TPSA) is 52.3 Å².